The Morgan fingerprint density at radius 3 is 2.18 bits per heavy atom. The van der Waals surface area contributed by atoms with E-state index in [9.17, 15) is 5.11 Å². The van der Waals surface area contributed by atoms with Gasteiger partial charge < -0.3 is 23.4 Å². The Hall–Kier alpha value is 0.0169. The topological polar surface area (TPSA) is 60.5 Å². The lowest BCUT2D eigenvalue weighted by atomic mass is 10.4. The molecule has 1 heterocycles. The van der Waals surface area contributed by atoms with Crippen LogP contribution in [0.25, 0.3) is 0 Å². The molecule has 1 aliphatic rings. The summed E-state index contributed by atoms with van der Waals surface area (Å²) in [5, 5.41) is 10.6. The summed E-state index contributed by atoms with van der Waals surface area (Å²) in [4.78, 5) is 0. The molecule has 0 spiro atoms. The molecule has 0 aromatic carbocycles. The van der Waals surface area contributed by atoms with Crippen LogP contribution in [-0.4, -0.2) is 51.6 Å². The van der Waals surface area contributed by atoms with Crippen LogP contribution in [-0.2, 0) is 18.3 Å². The Kier molecular flexibility index (Phi) is 5.55. The first-order valence-electron chi connectivity index (χ1n) is 6.27. The summed E-state index contributed by atoms with van der Waals surface area (Å²) in [6.07, 6.45) is 0.567. The lowest BCUT2D eigenvalue weighted by Crippen LogP contribution is -2.62. The van der Waals surface area contributed by atoms with E-state index >= 15 is 0 Å². The predicted octanol–water partition coefficient (Wildman–Crippen LogP) is 1.18. The molecule has 1 rings (SSSR count). The third-order valence-corrected chi connectivity index (χ3v) is 6.53. The van der Waals surface area contributed by atoms with Gasteiger partial charge in [0.05, 0.1) is 13.2 Å². The average molecular weight is 264 g/mol. The van der Waals surface area contributed by atoms with Crippen molar-refractivity contribution in [1.82, 2.24) is 0 Å². The summed E-state index contributed by atoms with van der Waals surface area (Å²) in [5.74, 6) is 0. The van der Waals surface area contributed by atoms with E-state index in [4.69, 9.17) is 18.3 Å². The third-order valence-electron chi connectivity index (χ3n) is 2.94. The van der Waals surface area contributed by atoms with Crippen molar-refractivity contribution in [2.24, 2.45) is 0 Å². The van der Waals surface area contributed by atoms with E-state index in [1.54, 1.807) is 0 Å². The van der Waals surface area contributed by atoms with E-state index in [0.29, 0.717) is 32.8 Å². The van der Waals surface area contributed by atoms with Gasteiger partial charge in [0.25, 0.3) is 0 Å². The van der Waals surface area contributed by atoms with Crippen molar-refractivity contribution in [2.75, 3.05) is 26.4 Å². The van der Waals surface area contributed by atoms with Crippen molar-refractivity contribution in [3.05, 3.63) is 0 Å². The Bertz CT molecular complexity index is 228. The number of hydrogen-bond acceptors (Lipinski definition) is 5. The molecular formula is C11H24O5Si. The molecule has 2 atom stereocenters. The maximum absolute atomic E-state index is 10.6. The number of epoxide rings is 1. The van der Waals surface area contributed by atoms with Crippen LogP contribution in [0.4, 0.5) is 0 Å². The van der Waals surface area contributed by atoms with Gasteiger partial charge in [0.1, 0.15) is 6.10 Å². The summed E-state index contributed by atoms with van der Waals surface area (Å²) in [6.45, 7) is 9.63. The van der Waals surface area contributed by atoms with Gasteiger partial charge >= 0.3 is 8.56 Å². The Morgan fingerprint density at radius 2 is 1.82 bits per heavy atom. The molecule has 0 saturated carbocycles. The van der Waals surface area contributed by atoms with Crippen molar-refractivity contribution in [1.29, 1.82) is 0 Å². The fourth-order valence-electron chi connectivity index (χ4n) is 1.77. The summed E-state index contributed by atoms with van der Waals surface area (Å²) >= 11 is 0. The van der Waals surface area contributed by atoms with Gasteiger partial charge in [-0.1, -0.05) is 6.92 Å². The molecule has 0 amide bonds. The highest BCUT2D eigenvalue weighted by Crippen LogP contribution is 2.29. The smallest absolute Gasteiger partial charge is 0.392 e. The molecule has 0 aromatic heterocycles. The summed E-state index contributed by atoms with van der Waals surface area (Å²) in [7, 11) is -2.76. The van der Waals surface area contributed by atoms with Crippen LogP contribution in [0, 0.1) is 0 Å². The fourth-order valence-corrected chi connectivity index (χ4v) is 4.39. The Balaban J connectivity index is 2.68. The second kappa shape index (κ2) is 6.26. The van der Waals surface area contributed by atoms with Crippen molar-refractivity contribution in [3.63, 3.8) is 0 Å². The third kappa shape index (κ3) is 3.74. The van der Waals surface area contributed by atoms with Crippen LogP contribution in [0.5, 0.6) is 0 Å². The van der Waals surface area contributed by atoms with Gasteiger partial charge in [-0.05, 0) is 20.4 Å². The van der Waals surface area contributed by atoms with E-state index < -0.39 is 14.0 Å². The minimum Gasteiger partial charge on any atom is -0.392 e. The quantitative estimate of drug-likeness (QED) is 0.385. The minimum atomic E-state index is -2.76. The Labute approximate surface area is 104 Å². The maximum Gasteiger partial charge on any atom is 0.396 e. The zero-order valence-corrected chi connectivity index (χ0v) is 12.2. The van der Waals surface area contributed by atoms with Gasteiger partial charge in [0.15, 0.2) is 0 Å². The largest absolute Gasteiger partial charge is 0.396 e. The van der Waals surface area contributed by atoms with Crippen LogP contribution >= 0.6 is 0 Å². The summed E-state index contributed by atoms with van der Waals surface area (Å²) in [6, 6.07) is 0. The first-order chi connectivity index (χ1) is 8.01. The predicted molar refractivity (Wildman–Crippen MR) is 65.8 cm³/mol. The Morgan fingerprint density at radius 1 is 1.29 bits per heavy atom. The van der Waals surface area contributed by atoms with Crippen LogP contribution in [0.15, 0.2) is 0 Å². The van der Waals surface area contributed by atoms with Crippen molar-refractivity contribution < 1.29 is 23.4 Å². The van der Waals surface area contributed by atoms with Crippen LogP contribution < -0.4 is 0 Å². The van der Waals surface area contributed by atoms with Crippen LogP contribution in [0.1, 0.15) is 27.2 Å². The average Bonchev–Trinajstić information content (AvgIpc) is 3.10. The highest BCUT2D eigenvalue weighted by molar-refractivity contribution is 6.68. The molecule has 1 fully saturated rings. The lowest BCUT2D eigenvalue weighted by Gasteiger charge is -2.40. The second-order valence-corrected chi connectivity index (χ2v) is 7.47. The van der Waals surface area contributed by atoms with Crippen molar-refractivity contribution in [3.8, 4) is 0 Å². The summed E-state index contributed by atoms with van der Waals surface area (Å²) < 4.78 is 22.1. The van der Waals surface area contributed by atoms with Crippen molar-refractivity contribution in [2.45, 2.75) is 45.3 Å². The van der Waals surface area contributed by atoms with Crippen LogP contribution in [0.3, 0.4) is 0 Å². The van der Waals surface area contributed by atoms with E-state index in [0.717, 1.165) is 0 Å². The minimum absolute atomic E-state index is 0.120. The van der Waals surface area contributed by atoms with E-state index in [2.05, 4.69) is 0 Å². The standard InChI is InChI=1S/C11H24O5Si/c1-5-11(12,14-9-10-8-13-10)17(4,15-6-2)16-7-3/h10,12H,5-9H2,1-4H3. The zero-order chi connectivity index (χ0) is 12.9. The highest BCUT2D eigenvalue weighted by atomic mass is 28.4. The lowest BCUT2D eigenvalue weighted by molar-refractivity contribution is -0.176. The van der Waals surface area contributed by atoms with Gasteiger partial charge in [0, 0.05) is 19.6 Å². The summed E-state index contributed by atoms with van der Waals surface area (Å²) in [5.41, 5.74) is -1.31. The first-order valence-corrected chi connectivity index (χ1v) is 8.58. The normalized spacial score (nSPS) is 23.5. The molecule has 0 aromatic rings. The number of aliphatic hydroxyl groups is 1. The molecule has 2 unspecified atom stereocenters. The molecule has 102 valence electrons. The second-order valence-electron chi connectivity index (χ2n) is 4.22. The molecule has 17 heavy (non-hydrogen) atoms. The van der Waals surface area contributed by atoms with Gasteiger partial charge in [-0.15, -0.1) is 0 Å². The molecule has 0 aliphatic carbocycles. The fraction of sp³-hybridized carbons (Fsp3) is 1.00. The highest BCUT2D eigenvalue weighted by Gasteiger charge is 2.54. The molecule has 1 N–H and O–H groups in total. The molecule has 1 saturated heterocycles. The van der Waals surface area contributed by atoms with E-state index in [1.165, 1.54) is 0 Å². The van der Waals surface area contributed by atoms with Crippen molar-refractivity contribution >= 4 is 8.56 Å². The van der Waals surface area contributed by atoms with Gasteiger partial charge in [-0.3, -0.25) is 0 Å². The number of hydrogen-bond donors (Lipinski definition) is 1. The van der Waals surface area contributed by atoms with Gasteiger partial charge in [0.2, 0.25) is 5.41 Å². The first kappa shape index (κ1) is 15.1. The van der Waals surface area contributed by atoms with E-state index in [-0.39, 0.29) is 6.10 Å². The van der Waals surface area contributed by atoms with Crippen LogP contribution in [0.2, 0.25) is 6.55 Å². The molecule has 6 heteroatoms. The van der Waals surface area contributed by atoms with E-state index in [1.807, 2.05) is 27.3 Å². The van der Waals surface area contributed by atoms with Gasteiger partial charge in [-0.25, -0.2) is 0 Å². The molecule has 0 bridgehead atoms. The molecule has 5 nitrogen and oxygen atoms in total. The monoisotopic (exact) mass is 264 g/mol. The molecular weight excluding hydrogens is 240 g/mol. The van der Waals surface area contributed by atoms with Gasteiger partial charge in [-0.2, -0.15) is 0 Å². The number of rotatable bonds is 9. The number of ether oxygens (including phenoxy) is 2. The SMILES string of the molecule is CCO[Si](C)(OCC)C(O)(CC)OCC1CO1. The maximum atomic E-state index is 10.6. The zero-order valence-electron chi connectivity index (χ0n) is 11.2. The molecule has 0 radical (unpaired) electrons. The molecule has 1 aliphatic heterocycles.